The van der Waals surface area contributed by atoms with Gasteiger partial charge in [0.15, 0.2) is 5.11 Å². The predicted molar refractivity (Wildman–Crippen MR) is 121 cm³/mol. The van der Waals surface area contributed by atoms with E-state index in [1.54, 1.807) is 0 Å². The number of amides is 2. The molecule has 0 heterocycles. The summed E-state index contributed by atoms with van der Waals surface area (Å²) in [6, 6.07) is 13.4. The molecule has 0 fully saturated rings. The Balaban J connectivity index is 1.66. The van der Waals surface area contributed by atoms with Crippen molar-refractivity contribution in [2.24, 2.45) is 0 Å². The zero-order valence-electron chi connectivity index (χ0n) is 16.1. The second-order valence-corrected chi connectivity index (χ2v) is 7.68. The summed E-state index contributed by atoms with van der Waals surface area (Å²) >= 11 is 6.41. The molecule has 28 heavy (non-hydrogen) atoms. The van der Waals surface area contributed by atoms with E-state index in [4.69, 9.17) is 12.2 Å². The van der Waals surface area contributed by atoms with E-state index in [0.29, 0.717) is 5.11 Å². The van der Waals surface area contributed by atoms with Gasteiger partial charge in [-0.15, -0.1) is 11.8 Å². The maximum absolute atomic E-state index is 11.9. The number of anilines is 2. The number of carbonyl (C=O) groups excluding carboxylic acids is 2. The summed E-state index contributed by atoms with van der Waals surface area (Å²) in [6.07, 6.45) is 0. The van der Waals surface area contributed by atoms with Crippen LogP contribution in [-0.4, -0.2) is 28.4 Å². The third-order valence-corrected chi connectivity index (χ3v) is 5.07. The minimum absolute atomic E-state index is 0.139. The molecule has 0 aromatic heterocycles. The molecule has 8 heteroatoms. The van der Waals surface area contributed by atoms with Crippen molar-refractivity contribution in [2.45, 2.75) is 20.8 Å². The number of thiocarbonyl (C=S) groups is 1. The Morgan fingerprint density at radius 1 is 0.929 bits per heavy atom. The third kappa shape index (κ3) is 7.21. The first-order valence-corrected chi connectivity index (χ1v) is 10.3. The van der Waals surface area contributed by atoms with E-state index in [-0.39, 0.29) is 23.3 Å². The highest BCUT2D eigenvalue weighted by molar-refractivity contribution is 8.00. The number of hydrazine groups is 1. The van der Waals surface area contributed by atoms with E-state index in [1.807, 2.05) is 63.2 Å². The lowest BCUT2D eigenvalue weighted by Crippen LogP contribution is -2.44. The van der Waals surface area contributed by atoms with Gasteiger partial charge in [-0.2, -0.15) is 0 Å². The number of thioether (sulfide) groups is 1. The second-order valence-electron chi connectivity index (χ2n) is 6.29. The molecule has 0 aliphatic rings. The van der Waals surface area contributed by atoms with E-state index in [1.165, 1.54) is 11.8 Å². The van der Waals surface area contributed by atoms with Crippen LogP contribution in [-0.2, 0) is 9.59 Å². The van der Waals surface area contributed by atoms with Crippen LogP contribution in [0, 0.1) is 20.8 Å². The summed E-state index contributed by atoms with van der Waals surface area (Å²) in [4.78, 5) is 23.8. The third-order valence-electron chi connectivity index (χ3n) is 3.94. The molecule has 0 aliphatic carbocycles. The molecule has 0 aliphatic heterocycles. The van der Waals surface area contributed by atoms with Gasteiger partial charge in [-0.3, -0.25) is 20.4 Å². The minimum atomic E-state index is -0.265. The van der Waals surface area contributed by atoms with Crippen molar-refractivity contribution in [3.05, 3.63) is 59.2 Å². The maximum Gasteiger partial charge on any atom is 0.248 e. The predicted octanol–water partition coefficient (Wildman–Crippen LogP) is 3.30. The average Bonchev–Trinajstić information content (AvgIpc) is 2.64. The van der Waals surface area contributed by atoms with Gasteiger partial charge >= 0.3 is 0 Å². The number of hydrogen-bond donors (Lipinski definition) is 4. The van der Waals surface area contributed by atoms with Crippen LogP contribution >= 0.6 is 24.0 Å². The van der Waals surface area contributed by atoms with Crippen molar-refractivity contribution in [3.63, 3.8) is 0 Å². The number of rotatable bonds is 6. The van der Waals surface area contributed by atoms with Gasteiger partial charge in [-0.1, -0.05) is 24.3 Å². The molecule has 148 valence electrons. The highest BCUT2D eigenvalue weighted by Crippen LogP contribution is 2.17. The molecule has 2 aromatic rings. The molecule has 0 bridgehead atoms. The SMILES string of the molecule is Cc1cccc(NC(=O)CSCC(=O)NNC(=S)Nc2cccc(C)c2C)c1. The Morgan fingerprint density at radius 3 is 2.39 bits per heavy atom. The Bertz CT molecular complexity index is 871. The Morgan fingerprint density at radius 2 is 1.64 bits per heavy atom. The Hall–Kier alpha value is -2.58. The molecule has 0 spiro atoms. The maximum atomic E-state index is 11.9. The molecule has 0 saturated heterocycles. The standard InChI is InChI=1S/C20H24N4O2S2/c1-13-6-4-8-16(10-13)21-18(25)11-28-12-19(26)23-24-20(27)22-17-9-5-7-14(2)15(17)3/h4-10H,11-12H2,1-3H3,(H,21,25)(H,23,26)(H2,22,24,27). The molecule has 0 atom stereocenters. The largest absolute Gasteiger partial charge is 0.331 e. The summed E-state index contributed by atoms with van der Waals surface area (Å²) in [5.41, 5.74) is 10.1. The number of carbonyl (C=O) groups is 2. The zero-order chi connectivity index (χ0) is 20.5. The van der Waals surface area contributed by atoms with E-state index in [0.717, 1.165) is 28.1 Å². The second kappa shape index (κ2) is 10.7. The average molecular weight is 417 g/mol. The normalized spacial score (nSPS) is 10.1. The van der Waals surface area contributed by atoms with Crippen molar-refractivity contribution in [1.29, 1.82) is 0 Å². The molecule has 0 saturated carbocycles. The van der Waals surface area contributed by atoms with Crippen LogP contribution in [0.3, 0.4) is 0 Å². The molecule has 0 radical (unpaired) electrons. The van der Waals surface area contributed by atoms with Crippen molar-refractivity contribution < 1.29 is 9.59 Å². The quantitative estimate of drug-likeness (QED) is 0.427. The fourth-order valence-electron chi connectivity index (χ4n) is 2.36. The van der Waals surface area contributed by atoms with Gasteiger partial charge in [0.2, 0.25) is 11.8 Å². The van der Waals surface area contributed by atoms with Crippen LogP contribution in [0.2, 0.25) is 0 Å². The van der Waals surface area contributed by atoms with E-state index < -0.39 is 0 Å². The van der Waals surface area contributed by atoms with Gasteiger partial charge in [-0.25, -0.2) is 0 Å². The monoisotopic (exact) mass is 416 g/mol. The van der Waals surface area contributed by atoms with Crippen LogP contribution in [0.4, 0.5) is 11.4 Å². The highest BCUT2D eigenvalue weighted by atomic mass is 32.2. The van der Waals surface area contributed by atoms with Gasteiger partial charge in [0.25, 0.3) is 0 Å². The first-order chi connectivity index (χ1) is 13.3. The molecular formula is C20H24N4O2S2. The molecule has 2 amide bonds. The Labute approximate surface area is 174 Å². The Kier molecular flexibility index (Phi) is 8.28. The topological polar surface area (TPSA) is 82.3 Å². The number of benzene rings is 2. The van der Waals surface area contributed by atoms with Gasteiger partial charge < -0.3 is 10.6 Å². The molecule has 2 aromatic carbocycles. The summed E-state index contributed by atoms with van der Waals surface area (Å²) in [5, 5.41) is 6.15. The van der Waals surface area contributed by atoms with Crippen molar-refractivity contribution in [3.8, 4) is 0 Å². The van der Waals surface area contributed by atoms with Crippen molar-refractivity contribution in [1.82, 2.24) is 10.9 Å². The number of aryl methyl sites for hydroxylation is 2. The van der Waals surface area contributed by atoms with Gasteiger partial charge in [0.05, 0.1) is 11.5 Å². The minimum Gasteiger partial charge on any atom is -0.331 e. The van der Waals surface area contributed by atoms with Gasteiger partial charge in [-0.05, 0) is 67.9 Å². The van der Waals surface area contributed by atoms with Gasteiger partial charge in [0.1, 0.15) is 0 Å². The lowest BCUT2D eigenvalue weighted by molar-refractivity contribution is -0.119. The molecule has 4 N–H and O–H groups in total. The molecule has 6 nitrogen and oxygen atoms in total. The summed E-state index contributed by atoms with van der Waals surface area (Å²) in [7, 11) is 0. The summed E-state index contributed by atoms with van der Waals surface area (Å²) in [5.74, 6) is -0.0886. The summed E-state index contributed by atoms with van der Waals surface area (Å²) < 4.78 is 0. The fraction of sp³-hybridized carbons (Fsp3) is 0.250. The smallest absolute Gasteiger partial charge is 0.248 e. The van der Waals surface area contributed by atoms with E-state index in [9.17, 15) is 9.59 Å². The number of nitrogens with one attached hydrogen (secondary N) is 4. The zero-order valence-corrected chi connectivity index (χ0v) is 17.7. The van der Waals surface area contributed by atoms with Crippen molar-refractivity contribution >= 4 is 52.3 Å². The van der Waals surface area contributed by atoms with Gasteiger partial charge in [0, 0.05) is 11.4 Å². The molecule has 2 rings (SSSR count). The number of hydrogen-bond acceptors (Lipinski definition) is 4. The van der Waals surface area contributed by atoms with E-state index in [2.05, 4.69) is 21.5 Å². The highest BCUT2D eigenvalue weighted by Gasteiger charge is 2.07. The first-order valence-electron chi connectivity index (χ1n) is 8.71. The fourth-order valence-corrected chi connectivity index (χ4v) is 3.14. The van der Waals surface area contributed by atoms with Crippen LogP contribution in [0.25, 0.3) is 0 Å². The summed E-state index contributed by atoms with van der Waals surface area (Å²) in [6.45, 7) is 5.98. The van der Waals surface area contributed by atoms with Crippen LogP contribution in [0.15, 0.2) is 42.5 Å². The molecular weight excluding hydrogens is 392 g/mol. The van der Waals surface area contributed by atoms with Crippen molar-refractivity contribution in [2.75, 3.05) is 22.1 Å². The van der Waals surface area contributed by atoms with Crippen LogP contribution in [0.1, 0.15) is 16.7 Å². The lowest BCUT2D eigenvalue weighted by atomic mass is 10.1. The first kappa shape index (κ1) is 21.7. The lowest BCUT2D eigenvalue weighted by Gasteiger charge is -2.14. The van der Waals surface area contributed by atoms with Crippen LogP contribution in [0.5, 0.6) is 0 Å². The molecule has 0 unspecified atom stereocenters. The van der Waals surface area contributed by atoms with E-state index >= 15 is 0 Å². The van der Waals surface area contributed by atoms with Crippen LogP contribution < -0.4 is 21.5 Å².